The van der Waals surface area contributed by atoms with Crippen LogP contribution in [0.2, 0.25) is 0 Å². The first-order valence-corrected chi connectivity index (χ1v) is 15.9. The fourth-order valence-corrected chi connectivity index (χ4v) is 5.46. The first-order valence-electron chi connectivity index (χ1n) is 15.9. The number of hydrogen-bond donors (Lipinski definition) is 0. The maximum atomic E-state index is 12.4. The summed E-state index contributed by atoms with van der Waals surface area (Å²) in [5, 5.41) is 0. The van der Waals surface area contributed by atoms with Crippen LogP contribution >= 0.6 is 0 Å². The van der Waals surface area contributed by atoms with Crippen LogP contribution in [0.15, 0.2) is 0 Å². The molecular formula is C32H63NO4. The van der Waals surface area contributed by atoms with E-state index in [1.54, 1.807) is 7.11 Å². The number of ether oxygens (including phenoxy) is 3. The van der Waals surface area contributed by atoms with Gasteiger partial charge in [-0.15, -0.1) is 0 Å². The number of methoxy groups -OCH3 is 1. The fraction of sp³-hybridized carbons (Fsp3) is 0.969. The summed E-state index contributed by atoms with van der Waals surface area (Å²) in [5.74, 6) is 1.39. The molecule has 4 atom stereocenters. The Kier molecular flexibility index (Phi) is 21.6. The van der Waals surface area contributed by atoms with Crippen molar-refractivity contribution in [1.82, 2.24) is 4.90 Å². The summed E-state index contributed by atoms with van der Waals surface area (Å²) in [6.45, 7) is 7.57. The number of esters is 1. The van der Waals surface area contributed by atoms with Gasteiger partial charge in [-0.3, -0.25) is 4.79 Å². The lowest BCUT2D eigenvalue weighted by Crippen LogP contribution is -2.37. The Bertz CT molecular complexity index is 527. The van der Waals surface area contributed by atoms with Crippen molar-refractivity contribution in [3.8, 4) is 0 Å². The third-order valence-electron chi connectivity index (χ3n) is 8.22. The summed E-state index contributed by atoms with van der Waals surface area (Å²) >= 11 is 0. The third kappa shape index (κ3) is 17.5. The summed E-state index contributed by atoms with van der Waals surface area (Å²) in [6, 6.07) is 0.293. The first-order chi connectivity index (χ1) is 18.0. The Hall–Kier alpha value is -0.650. The predicted molar refractivity (Wildman–Crippen MR) is 156 cm³/mol. The molecule has 1 fully saturated rings. The molecule has 0 amide bonds. The van der Waals surface area contributed by atoms with Crippen molar-refractivity contribution >= 4 is 5.97 Å². The van der Waals surface area contributed by atoms with Crippen molar-refractivity contribution in [2.24, 2.45) is 17.8 Å². The van der Waals surface area contributed by atoms with Crippen molar-refractivity contribution in [2.45, 2.75) is 135 Å². The molecule has 0 aromatic carbocycles. The van der Waals surface area contributed by atoms with E-state index < -0.39 is 0 Å². The SMILES string of the molecule is CCCCCCCCCOCC(COCCCCC(C(=O)OC)C1CC1CCCCCCCC)N(C)C. The minimum atomic E-state index is 0.00199. The van der Waals surface area contributed by atoms with Crippen molar-refractivity contribution in [2.75, 3.05) is 47.6 Å². The second-order valence-electron chi connectivity index (χ2n) is 11.7. The lowest BCUT2D eigenvalue weighted by Gasteiger charge is -2.24. The molecule has 0 radical (unpaired) electrons. The Morgan fingerprint density at radius 3 is 1.81 bits per heavy atom. The predicted octanol–water partition coefficient (Wildman–Crippen LogP) is 8.05. The van der Waals surface area contributed by atoms with E-state index in [-0.39, 0.29) is 11.9 Å². The second-order valence-corrected chi connectivity index (χ2v) is 11.7. The van der Waals surface area contributed by atoms with Gasteiger partial charge in [0.2, 0.25) is 0 Å². The Morgan fingerprint density at radius 1 is 0.757 bits per heavy atom. The van der Waals surface area contributed by atoms with Gasteiger partial charge in [-0.05, 0) is 51.6 Å². The van der Waals surface area contributed by atoms with Gasteiger partial charge in [0.15, 0.2) is 0 Å². The van der Waals surface area contributed by atoms with Crippen LogP contribution < -0.4 is 0 Å². The van der Waals surface area contributed by atoms with Gasteiger partial charge in [-0.2, -0.15) is 0 Å². The molecule has 0 bridgehead atoms. The largest absolute Gasteiger partial charge is 0.469 e. The monoisotopic (exact) mass is 525 g/mol. The standard InChI is InChI=1S/C32H63NO4/c1-6-8-10-12-14-16-19-23-36-26-29(33(3)4)27-37-24-20-18-22-30(32(34)35-5)31-25-28(31)21-17-15-13-11-9-7-2/h28-31H,6-27H2,1-5H3. The summed E-state index contributed by atoms with van der Waals surface area (Å²) < 4.78 is 17.1. The molecule has 0 aromatic heterocycles. The fourth-order valence-electron chi connectivity index (χ4n) is 5.46. The van der Waals surface area contributed by atoms with Crippen LogP contribution in [-0.2, 0) is 19.0 Å². The molecule has 0 N–H and O–H groups in total. The lowest BCUT2D eigenvalue weighted by molar-refractivity contribution is -0.146. The molecule has 0 saturated heterocycles. The Balaban J connectivity index is 2.12. The van der Waals surface area contributed by atoms with Crippen molar-refractivity contribution in [3.63, 3.8) is 0 Å². The maximum Gasteiger partial charge on any atom is 0.308 e. The molecule has 1 aliphatic carbocycles. The summed E-state index contributed by atoms with van der Waals surface area (Å²) in [4.78, 5) is 14.6. The van der Waals surface area contributed by atoms with Crippen LogP contribution in [0.5, 0.6) is 0 Å². The second kappa shape index (κ2) is 23.3. The Labute approximate surface area is 230 Å². The third-order valence-corrected chi connectivity index (χ3v) is 8.22. The van der Waals surface area contributed by atoms with E-state index >= 15 is 0 Å². The van der Waals surface area contributed by atoms with E-state index in [0.29, 0.717) is 18.6 Å². The minimum Gasteiger partial charge on any atom is -0.469 e. The van der Waals surface area contributed by atoms with Crippen LogP contribution in [0.25, 0.3) is 0 Å². The lowest BCUT2D eigenvalue weighted by atomic mass is 9.94. The minimum absolute atomic E-state index is 0.00199. The van der Waals surface area contributed by atoms with E-state index in [2.05, 4.69) is 32.8 Å². The average Bonchev–Trinajstić information content (AvgIpc) is 3.66. The maximum absolute atomic E-state index is 12.4. The molecule has 5 nitrogen and oxygen atoms in total. The zero-order valence-electron chi connectivity index (χ0n) is 25.4. The van der Waals surface area contributed by atoms with Gasteiger partial charge in [-0.25, -0.2) is 0 Å². The van der Waals surface area contributed by atoms with E-state index in [0.717, 1.165) is 51.4 Å². The van der Waals surface area contributed by atoms with E-state index in [1.165, 1.54) is 89.9 Å². The van der Waals surface area contributed by atoms with Crippen molar-refractivity contribution < 1.29 is 19.0 Å². The normalized spacial score (nSPS) is 18.8. The average molecular weight is 526 g/mol. The van der Waals surface area contributed by atoms with E-state index in [9.17, 15) is 4.79 Å². The molecule has 1 rings (SSSR count). The highest BCUT2D eigenvalue weighted by Gasteiger charge is 2.45. The highest BCUT2D eigenvalue weighted by Crippen LogP contribution is 2.49. The van der Waals surface area contributed by atoms with E-state index in [4.69, 9.17) is 14.2 Å². The van der Waals surface area contributed by atoms with E-state index in [1.807, 2.05) is 0 Å². The summed E-state index contributed by atoms with van der Waals surface area (Å²) in [5.41, 5.74) is 0. The number of carbonyl (C=O) groups excluding carboxylic acids is 1. The molecule has 0 heterocycles. The molecule has 37 heavy (non-hydrogen) atoms. The number of unbranched alkanes of at least 4 members (excludes halogenated alkanes) is 12. The topological polar surface area (TPSA) is 48.0 Å². The number of carbonyl (C=O) groups is 1. The molecule has 1 aliphatic rings. The van der Waals surface area contributed by atoms with Crippen molar-refractivity contribution in [1.29, 1.82) is 0 Å². The molecule has 1 saturated carbocycles. The smallest absolute Gasteiger partial charge is 0.308 e. The highest BCUT2D eigenvalue weighted by molar-refractivity contribution is 5.73. The van der Waals surface area contributed by atoms with Gasteiger partial charge in [0.1, 0.15) is 0 Å². The molecule has 5 heteroatoms. The zero-order valence-corrected chi connectivity index (χ0v) is 25.4. The zero-order chi connectivity index (χ0) is 27.1. The van der Waals surface area contributed by atoms with Gasteiger partial charge >= 0.3 is 5.97 Å². The van der Waals surface area contributed by atoms with Gasteiger partial charge in [-0.1, -0.05) is 104 Å². The van der Waals surface area contributed by atoms with Gasteiger partial charge in [0.05, 0.1) is 32.3 Å². The van der Waals surface area contributed by atoms with Gasteiger partial charge in [0, 0.05) is 13.2 Å². The molecule has 220 valence electrons. The van der Waals surface area contributed by atoms with Crippen LogP contribution in [0.4, 0.5) is 0 Å². The highest BCUT2D eigenvalue weighted by atomic mass is 16.5. The number of likely N-dealkylation sites (N-methyl/N-ethyl adjacent to an activating group) is 1. The molecular weight excluding hydrogens is 462 g/mol. The van der Waals surface area contributed by atoms with Crippen LogP contribution in [0, 0.1) is 17.8 Å². The number of hydrogen-bond acceptors (Lipinski definition) is 5. The quantitative estimate of drug-likeness (QED) is 0.0802. The van der Waals surface area contributed by atoms with Gasteiger partial charge < -0.3 is 19.1 Å². The summed E-state index contributed by atoms with van der Waals surface area (Å²) in [7, 11) is 5.74. The molecule has 0 aromatic rings. The number of rotatable bonds is 27. The van der Waals surface area contributed by atoms with Crippen molar-refractivity contribution in [3.05, 3.63) is 0 Å². The number of nitrogens with zero attached hydrogens (tertiary/aromatic N) is 1. The molecule has 4 unspecified atom stereocenters. The first kappa shape index (κ1) is 34.4. The summed E-state index contributed by atoms with van der Waals surface area (Å²) in [6.07, 6.45) is 22.8. The Morgan fingerprint density at radius 2 is 1.27 bits per heavy atom. The molecule has 0 aliphatic heterocycles. The van der Waals surface area contributed by atoms with Gasteiger partial charge in [0.25, 0.3) is 0 Å². The van der Waals surface area contributed by atoms with Crippen LogP contribution in [-0.4, -0.2) is 64.5 Å². The van der Waals surface area contributed by atoms with Crippen LogP contribution in [0.1, 0.15) is 129 Å². The molecule has 0 spiro atoms. The van der Waals surface area contributed by atoms with Crippen LogP contribution in [0.3, 0.4) is 0 Å².